The van der Waals surface area contributed by atoms with Crippen molar-refractivity contribution < 1.29 is 9.53 Å². The number of aryl methyl sites for hydroxylation is 1. The number of imidazole rings is 1. The lowest BCUT2D eigenvalue weighted by molar-refractivity contribution is -0.127. The Morgan fingerprint density at radius 1 is 1.24 bits per heavy atom. The van der Waals surface area contributed by atoms with Crippen LogP contribution in [0.4, 0.5) is 0 Å². The third-order valence-electron chi connectivity index (χ3n) is 4.06. The summed E-state index contributed by atoms with van der Waals surface area (Å²) in [5.74, 6) is 1.31. The Balaban J connectivity index is 1.63. The molecule has 1 aromatic heterocycles. The van der Waals surface area contributed by atoms with Crippen molar-refractivity contribution in [3.8, 4) is 5.75 Å². The summed E-state index contributed by atoms with van der Waals surface area (Å²) in [6.45, 7) is 0.585. The Kier molecular flexibility index (Phi) is 5.28. The number of hydrogen-bond acceptors (Lipinski definition) is 4. The molecule has 0 fully saturated rings. The smallest absolute Gasteiger partial charge is 0.233 e. The molecule has 0 aliphatic rings. The first-order valence-corrected chi connectivity index (χ1v) is 8.96. The zero-order chi connectivity index (χ0) is 17.8. The summed E-state index contributed by atoms with van der Waals surface area (Å²) in [5.41, 5.74) is 1.11. The monoisotopic (exact) mass is 355 g/mol. The van der Waals surface area contributed by atoms with Crippen LogP contribution in [0.2, 0.25) is 0 Å². The fraction of sp³-hybridized carbons (Fsp3) is 0.263. The molecule has 0 spiro atoms. The van der Waals surface area contributed by atoms with Gasteiger partial charge in [-0.3, -0.25) is 4.79 Å². The van der Waals surface area contributed by atoms with Gasteiger partial charge < -0.3 is 14.2 Å². The summed E-state index contributed by atoms with van der Waals surface area (Å²) in [6, 6.07) is 12.2. The summed E-state index contributed by atoms with van der Waals surface area (Å²) in [7, 11) is 5.42. The molecule has 3 aromatic rings. The fourth-order valence-electron chi connectivity index (χ4n) is 2.59. The molecule has 0 atom stereocenters. The van der Waals surface area contributed by atoms with E-state index in [9.17, 15) is 4.79 Å². The summed E-state index contributed by atoms with van der Waals surface area (Å²) >= 11 is 1.45. The zero-order valence-electron chi connectivity index (χ0n) is 14.6. The first-order valence-electron chi connectivity index (χ1n) is 7.97. The number of aromatic nitrogens is 2. The number of fused-ring (bicyclic) bond motifs is 1. The van der Waals surface area contributed by atoms with Gasteiger partial charge in [0.05, 0.1) is 12.9 Å². The predicted octanol–water partition coefficient (Wildman–Crippen LogP) is 3.33. The van der Waals surface area contributed by atoms with Gasteiger partial charge in [0.2, 0.25) is 5.91 Å². The van der Waals surface area contributed by atoms with E-state index in [0.717, 1.165) is 27.2 Å². The van der Waals surface area contributed by atoms with E-state index >= 15 is 0 Å². The van der Waals surface area contributed by atoms with Gasteiger partial charge in [-0.25, -0.2) is 4.98 Å². The molecule has 0 saturated heterocycles. The highest BCUT2D eigenvalue weighted by atomic mass is 32.2. The lowest BCUT2D eigenvalue weighted by atomic mass is 10.1. The highest BCUT2D eigenvalue weighted by Gasteiger charge is 2.12. The molecule has 0 unspecified atom stereocenters. The number of ether oxygens (including phenoxy) is 1. The van der Waals surface area contributed by atoms with Crippen LogP contribution in [0.3, 0.4) is 0 Å². The molecule has 0 bridgehead atoms. The van der Waals surface area contributed by atoms with Crippen LogP contribution in [0.1, 0.15) is 5.56 Å². The largest absolute Gasteiger partial charge is 0.497 e. The molecule has 0 N–H and O–H groups in total. The summed E-state index contributed by atoms with van der Waals surface area (Å²) in [6.07, 6.45) is 3.61. The minimum Gasteiger partial charge on any atom is -0.497 e. The standard InChI is InChI=1S/C19H21N3O2S/c1-21-9-8-20-19(21)25-13-18(23)22(2)12-14-4-5-16-11-17(24-3)7-6-15(16)10-14/h4-11H,12-13H2,1-3H3. The first kappa shape index (κ1) is 17.4. The van der Waals surface area contributed by atoms with Crippen LogP contribution in [0.5, 0.6) is 5.75 Å². The quantitative estimate of drug-likeness (QED) is 0.636. The molecule has 0 aliphatic carbocycles. The molecule has 130 valence electrons. The van der Waals surface area contributed by atoms with Crippen molar-refractivity contribution in [1.82, 2.24) is 14.5 Å². The van der Waals surface area contributed by atoms with E-state index in [0.29, 0.717) is 12.3 Å². The third kappa shape index (κ3) is 4.14. The lowest BCUT2D eigenvalue weighted by Crippen LogP contribution is -2.27. The van der Waals surface area contributed by atoms with Gasteiger partial charge in [-0.05, 0) is 34.5 Å². The number of amides is 1. The summed E-state index contributed by atoms with van der Waals surface area (Å²) in [5, 5.41) is 3.12. The van der Waals surface area contributed by atoms with Crippen molar-refractivity contribution in [2.45, 2.75) is 11.7 Å². The predicted molar refractivity (Wildman–Crippen MR) is 101 cm³/mol. The second kappa shape index (κ2) is 7.61. The normalized spacial score (nSPS) is 10.8. The van der Waals surface area contributed by atoms with Crippen LogP contribution < -0.4 is 4.74 Å². The van der Waals surface area contributed by atoms with E-state index in [1.54, 1.807) is 18.2 Å². The summed E-state index contributed by atoms with van der Waals surface area (Å²) < 4.78 is 7.16. The van der Waals surface area contributed by atoms with Crippen LogP contribution in [0.25, 0.3) is 10.8 Å². The third-order valence-corrected chi connectivity index (χ3v) is 5.10. The topological polar surface area (TPSA) is 47.4 Å². The molecule has 3 rings (SSSR count). The highest BCUT2D eigenvalue weighted by molar-refractivity contribution is 7.99. The van der Waals surface area contributed by atoms with Crippen molar-refractivity contribution in [1.29, 1.82) is 0 Å². The maximum Gasteiger partial charge on any atom is 0.233 e. The Bertz CT molecular complexity index is 891. The maximum absolute atomic E-state index is 12.4. The van der Waals surface area contributed by atoms with Crippen LogP contribution in [-0.2, 0) is 18.4 Å². The number of benzene rings is 2. The van der Waals surface area contributed by atoms with Crippen molar-refractivity contribution in [2.24, 2.45) is 7.05 Å². The first-order chi connectivity index (χ1) is 12.1. The molecule has 0 saturated carbocycles. The Hall–Kier alpha value is -2.47. The number of methoxy groups -OCH3 is 1. The molecule has 1 amide bonds. The number of thioether (sulfide) groups is 1. The van der Waals surface area contributed by atoms with Crippen LogP contribution in [0.15, 0.2) is 53.9 Å². The van der Waals surface area contributed by atoms with Crippen LogP contribution in [-0.4, -0.2) is 40.3 Å². The van der Waals surface area contributed by atoms with Crippen molar-refractivity contribution in [3.05, 3.63) is 54.4 Å². The molecule has 6 heteroatoms. The Morgan fingerprint density at radius 3 is 2.72 bits per heavy atom. The number of hydrogen-bond donors (Lipinski definition) is 0. The number of carbonyl (C=O) groups excluding carboxylic acids is 1. The van der Waals surface area contributed by atoms with Gasteiger partial charge in [0.1, 0.15) is 5.75 Å². The van der Waals surface area contributed by atoms with E-state index in [1.807, 2.05) is 43.1 Å². The van der Waals surface area contributed by atoms with E-state index in [-0.39, 0.29) is 5.91 Å². The van der Waals surface area contributed by atoms with Crippen LogP contribution in [0, 0.1) is 0 Å². The maximum atomic E-state index is 12.4. The van der Waals surface area contributed by atoms with E-state index in [2.05, 4.69) is 23.2 Å². The van der Waals surface area contributed by atoms with Gasteiger partial charge in [0.15, 0.2) is 5.16 Å². The van der Waals surface area contributed by atoms with Gasteiger partial charge >= 0.3 is 0 Å². The van der Waals surface area contributed by atoms with Crippen molar-refractivity contribution in [2.75, 3.05) is 19.9 Å². The lowest BCUT2D eigenvalue weighted by Gasteiger charge is -2.17. The molecule has 25 heavy (non-hydrogen) atoms. The molecular weight excluding hydrogens is 334 g/mol. The average Bonchev–Trinajstić information content (AvgIpc) is 3.04. The molecule has 2 aromatic carbocycles. The van der Waals surface area contributed by atoms with E-state index in [1.165, 1.54) is 11.8 Å². The van der Waals surface area contributed by atoms with Gasteiger partial charge in [0, 0.05) is 33.0 Å². The minimum absolute atomic E-state index is 0.0860. The Labute approximate surface area is 151 Å². The van der Waals surface area contributed by atoms with Crippen LogP contribution >= 0.6 is 11.8 Å². The molecule has 0 aliphatic heterocycles. The fourth-order valence-corrected chi connectivity index (χ4v) is 3.46. The number of rotatable bonds is 6. The van der Waals surface area contributed by atoms with Gasteiger partial charge in [-0.15, -0.1) is 0 Å². The number of nitrogens with zero attached hydrogens (tertiary/aromatic N) is 3. The minimum atomic E-state index is 0.0860. The van der Waals surface area contributed by atoms with Gasteiger partial charge in [-0.2, -0.15) is 0 Å². The van der Waals surface area contributed by atoms with E-state index in [4.69, 9.17) is 4.74 Å². The summed E-state index contributed by atoms with van der Waals surface area (Å²) in [4.78, 5) is 18.3. The SMILES string of the molecule is COc1ccc2cc(CN(C)C(=O)CSc3nccn3C)ccc2c1. The second-order valence-electron chi connectivity index (χ2n) is 5.91. The van der Waals surface area contributed by atoms with Crippen molar-refractivity contribution >= 4 is 28.4 Å². The van der Waals surface area contributed by atoms with Crippen molar-refractivity contribution in [3.63, 3.8) is 0 Å². The molecule has 0 radical (unpaired) electrons. The number of carbonyl (C=O) groups is 1. The van der Waals surface area contributed by atoms with E-state index < -0.39 is 0 Å². The second-order valence-corrected chi connectivity index (χ2v) is 6.85. The molecule has 1 heterocycles. The highest BCUT2D eigenvalue weighted by Crippen LogP contribution is 2.22. The zero-order valence-corrected chi connectivity index (χ0v) is 15.4. The molecular formula is C19H21N3O2S. The molecule has 5 nitrogen and oxygen atoms in total. The van der Waals surface area contributed by atoms with Gasteiger partial charge in [-0.1, -0.05) is 30.0 Å². The Morgan fingerprint density at radius 2 is 2.00 bits per heavy atom. The van der Waals surface area contributed by atoms with Gasteiger partial charge in [0.25, 0.3) is 0 Å². The average molecular weight is 355 g/mol.